The highest BCUT2D eigenvalue weighted by Gasteiger charge is 2.23. The molecule has 1 fully saturated rings. The van der Waals surface area contributed by atoms with Crippen LogP contribution in [0.2, 0.25) is 0 Å². The molecule has 0 aromatic rings. The van der Waals surface area contributed by atoms with Crippen LogP contribution < -0.4 is 5.32 Å². The topological polar surface area (TPSA) is 35.5 Å². The zero-order valence-electron chi connectivity index (χ0n) is 10.2. The first-order valence-electron chi connectivity index (χ1n) is 6.35. The smallest absolute Gasteiger partial charge is 0.0590 e. The number of nitrogens with zero attached hydrogens (tertiary/aromatic N) is 1. The van der Waals surface area contributed by atoms with E-state index >= 15 is 0 Å². The molecular formula is C12H26N2O. The van der Waals surface area contributed by atoms with E-state index in [2.05, 4.69) is 24.1 Å². The van der Waals surface area contributed by atoms with E-state index in [1.54, 1.807) is 0 Å². The van der Waals surface area contributed by atoms with E-state index in [0.717, 1.165) is 32.6 Å². The number of aliphatic hydroxyl groups is 1. The van der Waals surface area contributed by atoms with Gasteiger partial charge in [0.2, 0.25) is 0 Å². The number of likely N-dealkylation sites (tertiary alicyclic amines) is 1. The molecule has 2 unspecified atom stereocenters. The quantitative estimate of drug-likeness (QED) is 0.650. The molecule has 0 aromatic heterocycles. The van der Waals surface area contributed by atoms with Gasteiger partial charge in [0.1, 0.15) is 0 Å². The molecule has 1 heterocycles. The van der Waals surface area contributed by atoms with Crippen LogP contribution in [0.15, 0.2) is 0 Å². The molecule has 2 atom stereocenters. The predicted octanol–water partition coefficient (Wildman–Crippen LogP) is 1.08. The van der Waals surface area contributed by atoms with Crippen LogP contribution in [-0.2, 0) is 0 Å². The lowest BCUT2D eigenvalue weighted by Gasteiger charge is -2.34. The zero-order valence-corrected chi connectivity index (χ0v) is 10.2. The number of rotatable bonds is 6. The average molecular weight is 214 g/mol. The molecule has 3 nitrogen and oxygen atoms in total. The molecule has 0 aliphatic carbocycles. The van der Waals surface area contributed by atoms with Gasteiger partial charge in [0.25, 0.3) is 0 Å². The standard InChI is InChI=1S/C12H26N2O/c1-3-6-13-7-4-8-14-9-5-12(15)11(2)10-14/h11-13,15H,3-10H2,1-2H3. The molecule has 2 N–H and O–H groups in total. The Balaban J connectivity index is 2.02. The van der Waals surface area contributed by atoms with Gasteiger partial charge in [0.15, 0.2) is 0 Å². The molecule has 1 aliphatic rings. The molecule has 15 heavy (non-hydrogen) atoms. The summed E-state index contributed by atoms with van der Waals surface area (Å²) in [6.07, 6.45) is 3.32. The van der Waals surface area contributed by atoms with Crippen LogP contribution in [-0.4, -0.2) is 48.8 Å². The van der Waals surface area contributed by atoms with Gasteiger partial charge in [-0.25, -0.2) is 0 Å². The molecule has 0 bridgehead atoms. The van der Waals surface area contributed by atoms with Gasteiger partial charge in [-0.2, -0.15) is 0 Å². The van der Waals surface area contributed by atoms with E-state index in [1.807, 2.05) is 0 Å². The monoisotopic (exact) mass is 214 g/mol. The van der Waals surface area contributed by atoms with Crippen molar-refractivity contribution in [2.45, 2.75) is 39.2 Å². The summed E-state index contributed by atoms with van der Waals surface area (Å²) in [5.41, 5.74) is 0. The molecule has 1 rings (SSSR count). The Morgan fingerprint density at radius 2 is 2.20 bits per heavy atom. The minimum atomic E-state index is -0.0699. The van der Waals surface area contributed by atoms with E-state index in [4.69, 9.17) is 0 Å². The first kappa shape index (κ1) is 12.9. The number of piperidine rings is 1. The minimum absolute atomic E-state index is 0.0699. The third-order valence-corrected chi connectivity index (χ3v) is 3.20. The molecular weight excluding hydrogens is 188 g/mol. The van der Waals surface area contributed by atoms with E-state index in [0.29, 0.717) is 5.92 Å². The number of nitrogens with one attached hydrogen (secondary N) is 1. The summed E-state index contributed by atoms with van der Waals surface area (Å²) in [6, 6.07) is 0. The zero-order chi connectivity index (χ0) is 11.1. The highest BCUT2D eigenvalue weighted by Crippen LogP contribution is 2.16. The van der Waals surface area contributed by atoms with Crippen molar-refractivity contribution >= 4 is 0 Å². The first-order valence-corrected chi connectivity index (χ1v) is 6.35. The van der Waals surface area contributed by atoms with Crippen molar-refractivity contribution in [3.05, 3.63) is 0 Å². The molecule has 3 heteroatoms. The van der Waals surface area contributed by atoms with Gasteiger partial charge < -0.3 is 15.3 Å². The summed E-state index contributed by atoms with van der Waals surface area (Å²) < 4.78 is 0. The van der Waals surface area contributed by atoms with Crippen molar-refractivity contribution in [2.24, 2.45) is 5.92 Å². The van der Waals surface area contributed by atoms with Crippen LogP contribution >= 0.6 is 0 Å². The van der Waals surface area contributed by atoms with E-state index in [9.17, 15) is 5.11 Å². The van der Waals surface area contributed by atoms with Crippen molar-refractivity contribution in [1.29, 1.82) is 0 Å². The van der Waals surface area contributed by atoms with Crippen molar-refractivity contribution < 1.29 is 5.11 Å². The Kier molecular flexibility index (Phi) is 6.22. The summed E-state index contributed by atoms with van der Waals surface area (Å²) in [4.78, 5) is 2.48. The largest absolute Gasteiger partial charge is 0.393 e. The second-order valence-electron chi connectivity index (χ2n) is 4.74. The van der Waals surface area contributed by atoms with Gasteiger partial charge >= 0.3 is 0 Å². The molecule has 0 spiro atoms. The van der Waals surface area contributed by atoms with Crippen LogP contribution in [0.4, 0.5) is 0 Å². The Morgan fingerprint density at radius 3 is 2.87 bits per heavy atom. The third-order valence-electron chi connectivity index (χ3n) is 3.20. The second-order valence-corrected chi connectivity index (χ2v) is 4.74. The van der Waals surface area contributed by atoms with E-state index in [1.165, 1.54) is 19.4 Å². The van der Waals surface area contributed by atoms with Crippen molar-refractivity contribution in [2.75, 3.05) is 32.7 Å². The fourth-order valence-electron chi connectivity index (χ4n) is 2.15. The second kappa shape index (κ2) is 7.20. The van der Waals surface area contributed by atoms with Crippen molar-refractivity contribution in [3.8, 4) is 0 Å². The Labute approximate surface area is 93.9 Å². The average Bonchev–Trinajstić information content (AvgIpc) is 2.23. The highest BCUT2D eigenvalue weighted by molar-refractivity contribution is 4.76. The maximum atomic E-state index is 9.60. The lowest BCUT2D eigenvalue weighted by atomic mass is 9.97. The van der Waals surface area contributed by atoms with Gasteiger partial charge in [0, 0.05) is 13.1 Å². The molecule has 0 amide bonds. The van der Waals surface area contributed by atoms with Gasteiger partial charge in [-0.3, -0.25) is 0 Å². The van der Waals surface area contributed by atoms with Gasteiger partial charge in [-0.15, -0.1) is 0 Å². The van der Waals surface area contributed by atoms with Gasteiger partial charge in [-0.05, 0) is 44.8 Å². The summed E-state index contributed by atoms with van der Waals surface area (Å²) in [6.45, 7) is 9.91. The lowest BCUT2D eigenvalue weighted by Crippen LogP contribution is -2.42. The summed E-state index contributed by atoms with van der Waals surface area (Å²) in [7, 11) is 0. The van der Waals surface area contributed by atoms with Gasteiger partial charge in [0.05, 0.1) is 6.10 Å². The van der Waals surface area contributed by atoms with E-state index < -0.39 is 0 Å². The number of aliphatic hydroxyl groups excluding tert-OH is 1. The van der Waals surface area contributed by atoms with Crippen LogP contribution in [0, 0.1) is 5.92 Å². The summed E-state index contributed by atoms with van der Waals surface area (Å²) in [5.74, 6) is 0.447. The third kappa shape index (κ3) is 4.96. The Hall–Kier alpha value is -0.120. The van der Waals surface area contributed by atoms with Crippen LogP contribution in [0.25, 0.3) is 0 Å². The molecule has 1 saturated heterocycles. The Morgan fingerprint density at radius 1 is 1.40 bits per heavy atom. The fraction of sp³-hybridized carbons (Fsp3) is 1.00. The minimum Gasteiger partial charge on any atom is -0.393 e. The fourth-order valence-corrected chi connectivity index (χ4v) is 2.15. The highest BCUT2D eigenvalue weighted by atomic mass is 16.3. The first-order chi connectivity index (χ1) is 7.24. The molecule has 90 valence electrons. The van der Waals surface area contributed by atoms with Crippen LogP contribution in [0.5, 0.6) is 0 Å². The summed E-state index contributed by atoms with van der Waals surface area (Å²) >= 11 is 0. The molecule has 0 aromatic carbocycles. The maximum Gasteiger partial charge on any atom is 0.0590 e. The Bertz CT molecular complexity index is 164. The SMILES string of the molecule is CCCNCCCN1CCC(O)C(C)C1. The maximum absolute atomic E-state index is 9.60. The molecule has 1 aliphatic heterocycles. The predicted molar refractivity (Wildman–Crippen MR) is 64.0 cm³/mol. The van der Waals surface area contributed by atoms with Crippen molar-refractivity contribution in [1.82, 2.24) is 10.2 Å². The van der Waals surface area contributed by atoms with Crippen molar-refractivity contribution in [3.63, 3.8) is 0 Å². The van der Waals surface area contributed by atoms with Crippen LogP contribution in [0.1, 0.15) is 33.1 Å². The van der Waals surface area contributed by atoms with E-state index in [-0.39, 0.29) is 6.10 Å². The molecule has 0 radical (unpaired) electrons. The summed E-state index contributed by atoms with van der Waals surface area (Å²) in [5, 5.41) is 13.0. The molecule has 0 saturated carbocycles. The normalized spacial score (nSPS) is 28.2. The van der Waals surface area contributed by atoms with Gasteiger partial charge in [-0.1, -0.05) is 13.8 Å². The lowest BCUT2D eigenvalue weighted by molar-refractivity contribution is 0.0348. The van der Waals surface area contributed by atoms with Crippen LogP contribution in [0.3, 0.4) is 0 Å². The number of hydrogen-bond acceptors (Lipinski definition) is 3. The number of hydrogen-bond donors (Lipinski definition) is 2.